The molecule has 2 unspecified atom stereocenters. The van der Waals surface area contributed by atoms with Crippen LogP contribution in [0.25, 0.3) is 0 Å². The van der Waals surface area contributed by atoms with Crippen LogP contribution in [0.5, 0.6) is 0 Å². The van der Waals surface area contributed by atoms with Gasteiger partial charge in [0.1, 0.15) is 0 Å². The van der Waals surface area contributed by atoms with Crippen LogP contribution in [0.1, 0.15) is 20.8 Å². The van der Waals surface area contributed by atoms with E-state index in [1.165, 1.54) is 0 Å². The third-order valence-corrected chi connectivity index (χ3v) is 3.46. The zero-order chi connectivity index (χ0) is 15.3. The Labute approximate surface area is 119 Å². The van der Waals surface area contributed by atoms with Gasteiger partial charge in [0.05, 0.1) is 37.9 Å². The van der Waals surface area contributed by atoms with Crippen LogP contribution >= 0.6 is 0 Å². The molecule has 1 rings (SSSR count). The summed E-state index contributed by atoms with van der Waals surface area (Å²) < 4.78 is 5.36. The number of amides is 2. The number of hydrogen-bond donors (Lipinski definition) is 3. The molecule has 0 saturated carbocycles. The molecule has 0 aliphatic carbocycles. The quantitative estimate of drug-likeness (QED) is 0.582. The predicted molar refractivity (Wildman–Crippen MR) is 73.8 cm³/mol. The van der Waals surface area contributed by atoms with Gasteiger partial charge in [-0.25, -0.2) is 0 Å². The fourth-order valence-electron chi connectivity index (χ4n) is 1.96. The number of carbonyl (C=O) groups excluding carboxylic acids is 2. The van der Waals surface area contributed by atoms with Crippen LogP contribution in [0.15, 0.2) is 0 Å². The molecule has 2 amide bonds. The van der Waals surface area contributed by atoms with Crippen molar-refractivity contribution in [2.45, 2.75) is 39.0 Å². The van der Waals surface area contributed by atoms with Gasteiger partial charge in [0.15, 0.2) is 0 Å². The first kappa shape index (κ1) is 16.9. The van der Waals surface area contributed by atoms with E-state index < -0.39 is 6.04 Å². The molecule has 0 aromatic carbocycles. The van der Waals surface area contributed by atoms with Crippen molar-refractivity contribution in [3.63, 3.8) is 0 Å². The Hall–Kier alpha value is -1.18. The second-order valence-electron chi connectivity index (χ2n) is 5.52. The fraction of sp³-hybridized carbons (Fsp3) is 0.846. The Morgan fingerprint density at radius 3 is 2.70 bits per heavy atom. The van der Waals surface area contributed by atoms with Crippen molar-refractivity contribution >= 4 is 11.8 Å². The Balaban J connectivity index is 2.47. The maximum absolute atomic E-state index is 12.1. The monoisotopic (exact) mass is 287 g/mol. The summed E-state index contributed by atoms with van der Waals surface area (Å²) in [6, 6.07) is -0.684. The first-order chi connectivity index (χ1) is 9.36. The highest BCUT2D eigenvalue weighted by Crippen LogP contribution is 2.11. The summed E-state index contributed by atoms with van der Waals surface area (Å²) in [6.07, 6.45) is -0.358. The minimum atomic E-state index is -0.616. The predicted octanol–water partition coefficient (Wildman–Crippen LogP) is -1.31. The van der Waals surface area contributed by atoms with Crippen molar-refractivity contribution in [1.82, 2.24) is 10.2 Å². The number of nitrogens with one attached hydrogen (secondary N) is 1. The maximum Gasteiger partial charge on any atom is 0.242 e. The third kappa shape index (κ3) is 4.43. The molecule has 116 valence electrons. The highest BCUT2D eigenvalue weighted by molar-refractivity contribution is 5.87. The van der Waals surface area contributed by atoms with Gasteiger partial charge in [-0.1, -0.05) is 13.8 Å². The van der Waals surface area contributed by atoms with Gasteiger partial charge < -0.3 is 25.8 Å². The standard InChI is InChI=1S/C13H25N3O4/c1-8(2)12(14)13(19)15-4-11(18)16-5-10(6-17)20-7-9(16)3/h8-10,12,17H,4-7,14H2,1-3H3,(H,15,19)/t9?,10?,12-/m0/s1. The summed E-state index contributed by atoms with van der Waals surface area (Å²) in [5.41, 5.74) is 5.71. The van der Waals surface area contributed by atoms with Gasteiger partial charge in [-0.15, -0.1) is 0 Å². The number of carbonyl (C=O) groups is 2. The van der Waals surface area contributed by atoms with Gasteiger partial charge >= 0.3 is 0 Å². The molecule has 1 fully saturated rings. The third-order valence-electron chi connectivity index (χ3n) is 3.46. The molecule has 1 heterocycles. The number of morpholine rings is 1. The van der Waals surface area contributed by atoms with E-state index >= 15 is 0 Å². The maximum atomic E-state index is 12.1. The van der Waals surface area contributed by atoms with Gasteiger partial charge in [-0.3, -0.25) is 9.59 Å². The molecule has 20 heavy (non-hydrogen) atoms. The summed E-state index contributed by atoms with van der Waals surface area (Å²) in [5.74, 6) is -0.497. The van der Waals surface area contributed by atoms with Crippen molar-refractivity contribution in [2.75, 3.05) is 26.3 Å². The molecule has 1 aliphatic rings. The largest absolute Gasteiger partial charge is 0.394 e. The molecular weight excluding hydrogens is 262 g/mol. The van der Waals surface area contributed by atoms with Crippen LogP contribution in [-0.2, 0) is 14.3 Å². The van der Waals surface area contributed by atoms with Gasteiger partial charge in [0.2, 0.25) is 11.8 Å². The number of nitrogens with zero attached hydrogens (tertiary/aromatic N) is 1. The molecule has 1 saturated heterocycles. The zero-order valence-electron chi connectivity index (χ0n) is 12.3. The van der Waals surface area contributed by atoms with Crippen molar-refractivity contribution in [3.8, 4) is 0 Å². The topological polar surface area (TPSA) is 105 Å². The average molecular weight is 287 g/mol. The summed E-state index contributed by atoms with van der Waals surface area (Å²) in [6.45, 7) is 6.08. The zero-order valence-corrected chi connectivity index (χ0v) is 12.3. The van der Waals surface area contributed by atoms with E-state index in [0.29, 0.717) is 13.2 Å². The first-order valence-corrected chi connectivity index (χ1v) is 6.92. The second kappa shape index (κ2) is 7.56. The van der Waals surface area contributed by atoms with E-state index in [1.807, 2.05) is 20.8 Å². The van der Waals surface area contributed by atoms with Gasteiger partial charge in [-0.05, 0) is 12.8 Å². The minimum absolute atomic E-state index is 0.0196. The average Bonchev–Trinajstić information content (AvgIpc) is 2.43. The normalized spacial score (nSPS) is 24.6. The first-order valence-electron chi connectivity index (χ1n) is 6.92. The Bertz CT molecular complexity index is 349. The number of rotatable bonds is 5. The van der Waals surface area contributed by atoms with Gasteiger partial charge in [0, 0.05) is 6.54 Å². The molecule has 0 aromatic rings. The molecule has 1 aliphatic heterocycles. The van der Waals surface area contributed by atoms with Crippen LogP contribution < -0.4 is 11.1 Å². The molecule has 0 radical (unpaired) electrons. The highest BCUT2D eigenvalue weighted by Gasteiger charge is 2.29. The molecule has 7 heteroatoms. The number of nitrogens with two attached hydrogens (primary N) is 1. The summed E-state index contributed by atoms with van der Waals surface area (Å²) >= 11 is 0. The van der Waals surface area contributed by atoms with E-state index in [4.69, 9.17) is 15.6 Å². The lowest BCUT2D eigenvalue weighted by Gasteiger charge is -2.37. The second-order valence-corrected chi connectivity index (χ2v) is 5.52. The number of ether oxygens (including phenoxy) is 1. The van der Waals surface area contributed by atoms with E-state index in [0.717, 1.165) is 0 Å². The number of aliphatic hydroxyl groups is 1. The SMILES string of the molecule is CC(C)[C@H](N)C(=O)NCC(=O)N1CC(CO)OCC1C. The Morgan fingerprint density at radius 2 is 2.15 bits per heavy atom. The van der Waals surface area contributed by atoms with E-state index in [1.54, 1.807) is 4.90 Å². The van der Waals surface area contributed by atoms with Gasteiger partial charge in [0.25, 0.3) is 0 Å². The van der Waals surface area contributed by atoms with E-state index in [9.17, 15) is 9.59 Å². The van der Waals surface area contributed by atoms with E-state index in [-0.39, 0.29) is 43.0 Å². The molecule has 4 N–H and O–H groups in total. The molecule has 0 bridgehead atoms. The lowest BCUT2D eigenvalue weighted by molar-refractivity contribution is -0.146. The summed E-state index contributed by atoms with van der Waals surface area (Å²) in [7, 11) is 0. The van der Waals surface area contributed by atoms with Crippen molar-refractivity contribution in [1.29, 1.82) is 0 Å². The van der Waals surface area contributed by atoms with Crippen LogP contribution in [0.4, 0.5) is 0 Å². The van der Waals surface area contributed by atoms with Crippen LogP contribution in [-0.4, -0.2) is 66.3 Å². The van der Waals surface area contributed by atoms with Crippen molar-refractivity contribution in [2.24, 2.45) is 11.7 Å². The van der Waals surface area contributed by atoms with Crippen LogP contribution in [0, 0.1) is 5.92 Å². The number of hydrogen-bond acceptors (Lipinski definition) is 5. The highest BCUT2D eigenvalue weighted by atomic mass is 16.5. The molecule has 3 atom stereocenters. The molecule has 7 nitrogen and oxygen atoms in total. The van der Waals surface area contributed by atoms with E-state index in [2.05, 4.69) is 5.32 Å². The fourth-order valence-corrected chi connectivity index (χ4v) is 1.96. The lowest BCUT2D eigenvalue weighted by atomic mass is 10.1. The molecule has 0 spiro atoms. The lowest BCUT2D eigenvalue weighted by Crippen LogP contribution is -2.55. The number of aliphatic hydroxyl groups excluding tert-OH is 1. The van der Waals surface area contributed by atoms with Crippen LogP contribution in [0.2, 0.25) is 0 Å². The summed E-state index contributed by atoms with van der Waals surface area (Å²) in [4.78, 5) is 25.4. The molecule has 0 aromatic heterocycles. The Kier molecular flexibility index (Phi) is 6.38. The Morgan fingerprint density at radius 1 is 1.50 bits per heavy atom. The minimum Gasteiger partial charge on any atom is -0.394 e. The summed E-state index contributed by atoms with van der Waals surface area (Å²) in [5, 5.41) is 11.6. The van der Waals surface area contributed by atoms with Gasteiger partial charge in [-0.2, -0.15) is 0 Å². The smallest absolute Gasteiger partial charge is 0.242 e. The van der Waals surface area contributed by atoms with Crippen molar-refractivity contribution < 1.29 is 19.4 Å². The van der Waals surface area contributed by atoms with Crippen molar-refractivity contribution in [3.05, 3.63) is 0 Å². The van der Waals surface area contributed by atoms with Crippen LogP contribution in [0.3, 0.4) is 0 Å². The molecular formula is C13H25N3O4.